The number of carbonyl (C=O) groups is 2. The van der Waals surface area contributed by atoms with Crippen molar-refractivity contribution in [1.29, 1.82) is 0 Å². The Hall–Kier alpha value is -2.08. The number of amides is 2. The van der Waals surface area contributed by atoms with Gasteiger partial charge in [-0.25, -0.2) is 4.79 Å². The molecule has 2 N–H and O–H groups in total. The lowest BCUT2D eigenvalue weighted by Crippen LogP contribution is -2.48. The van der Waals surface area contributed by atoms with Crippen LogP contribution in [0.5, 0.6) is 0 Å². The third-order valence-electron chi connectivity index (χ3n) is 2.89. The first kappa shape index (κ1) is 17.0. The first-order valence-corrected chi connectivity index (χ1v) is 6.81. The number of carboxylic acids is 1. The van der Waals surface area contributed by atoms with E-state index in [9.17, 15) is 9.59 Å². The number of urea groups is 1. The van der Waals surface area contributed by atoms with Crippen molar-refractivity contribution in [2.24, 2.45) is 0 Å². The molecule has 0 heterocycles. The molecule has 0 saturated carbocycles. The number of hydrogen-bond donors (Lipinski definition) is 2. The van der Waals surface area contributed by atoms with E-state index in [4.69, 9.17) is 5.11 Å². The number of carboxylic acid groups (broad SMARTS) is 1. The van der Waals surface area contributed by atoms with Gasteiger partial charge < -0.3 is 15.3 Å². The van der Waals surface area contributed by atoms with Crippen LogP contribution in [-0.4, -0.2) is 55.2 Å². The highest BCUT2D eigenvalue weighted by Crippen LogP contribution is 2.15. The van der Waals surface area contributed by atoms with Crippen molar-refractivity contribution in [3.8, 4) is 0 Å². The van der Waals surface area contributed by atoms with E-state index in [0.29, 0.717) is 12.2 Å². The van der Waals surface area contributed by atoms with Crippen molar-refractivity contribution < 1.29 is 14.7 Å². The van der Waals surface area contributed by atoms with Crippen LogP contribution < -0.4 is 10.2 Å². The molecule has 6 nitrogen and oxygen atoms in total. The molecule has 1 aromatic carbocycles. The summed E-state index contributed by atoms with van der Waals surface area (Å²) in [4.78, 5) is 26.5. The number of nitrogens with one attached hydrogen (secondary N) is 1. The van der Waals surface area contributed by atoms with Gasteiger partial charge in [0.05, 0.1) is 0 Å². The number of rotatable bonds is 6. The lowest BCUT2D eigenvalue weighted by Gasteiger charge is -2.25. The summed E-state index contributed by atoms with van der Waals surface area (Å²) in [5.41, 5.74) is 1.62. The molecule has 0 aliphatic rings. The van der Waals surface area contributed by atoms with Crippen LogP contribution in [0.3, 0.4) is 0 Å². The maximum absolute atomic E-state index is 12.3. The van der Waals surface area contributed by atoms with Gasteiger partial charge in [0.2, 0.25) is 0 Å². The van der Waals surface area contributed by atoms with Crippen molar-refractivity contribution >= 4 is 17.7 Å². The monoisotopic (exact) mass is 293 g/mol. The molecule has 0 radical (unpaired) electrons. The highest BCUT2D eigenvalue weighted by atomic mass is 16.4. The number of aliphatic carboxylic acids is 1. The van der Waals surface area contributed by atoms with Crippen molar-refractivity contribution in [1.82, 2.24) is 10.2 Å². The Morgan fingerprint density at radius 1 is 1.24 bits per heavy atom. The zero-order chi connectivity index (χ0) is 16.0. The van der Waals surface area contributed by atoms with Gasteiger partial charge in [0.1, 0.15) is 6.54 Å². The Morgan fingerprint density at radius 3 is 2.29 bits per heavy atom. The Labute approximate surface area is 125 Å². The van der Waals surface area contributed by atoms with E-state index < -0.39 is 12.0 Å². The maximum Gasteiger partial charge on any atom is 0.323 e. The summed E-state index contributed by atoms with van der Waals surface area (Å²) in [5, 5.41) is 11.8. The zero-order valence-corrected chi connectivity index (χ0v) is 13.0. The van der Waals surface area contributed by atoms with E-state index in [0.717, 1.165) is 5.56 Å². The molecule has 0 bridgehead atoms. The summed E-state index contributed by atoms with van der Waals surface area (Å²) < 4.78 is 0. The van der Waals surface area contributed by atoms with Gasteiger partial charge in [0.25, 0.3) is 0 Å². The quantitative estimate of drug-likeness (QED) is 0.834. The van der Waals surface area contributed by atoms with Crippen LogP contribution >= 0.6 is 0 Å². The minimum atomic E-state index is -1.05. The zero-order valence-electron chi connectivity index (χ0n) is 13.0. The van der Waals surface area contributed by atoms with Crippen molar-refractivity contribution in [2.75, 3.05) is 32.1 Å². The van der Waals surface area contributed by atoms with Gasteiger partial charge in [-0.3, -0.25) is 9.69 Å². The number of aryl methyl sites for hydroxylation is 1. The lowest BCUT2D eigenvalue weighted by molar-refractivity contribution is -0.135. The van der Waals surface area contributed by atoms with E-state index in [2.05, 4.69) is 5.32 Å². The fourth-order valence-corrected chi connectivity index (χ4v) is 2.02. The number of hydrogen-bond acceptors (Lipinski definition) is 3. The molecule has 2 amide bonds. The third kappa shape index (κ3) is 5.83. The first-order valence-electron chi connectivity index (χ1n) is 6.81. The highest BCUT2D eigenvalue weighted by Gasteiger charge is 2.20. The van der Waals surface area contributed by atoms with Gasteiger partial charge in [0.15, 0.2) is 0 Å². The van der Waals surface area contributed by atoms with E-state index in [1.807, 2.05) is 45.0 Å². The molecular formula is C15H23N3O3. The second-order valence-electron chi connectivity index (χ2n) is 5.43. The van der Waals surface area contributed by atoms with Gasteiger partial charge >= 0.3 is 12.0 Å². The first-order chi connectivity index (χ1) is 9.79. The fourth-order valence-electron chi connectivity index (χ4n) is 2.02. The number of anilines is 1. The summed E-state index contributed by atoms with van der Waals surface area (Å²) in [6, 6.07) is 6.70. The van der Waals surface area contributed by atoms with Gasteiger partial charge in [0, 0.05) is 18.3 Å². The molecule has 0 aliphatic carbocycles. The molecule has 0 saturated heterocycles. The topological polar surface area (TPSA) is 72.9 Å². The van der Waals surface area contributed by atoms with Crippen LogP contribution in [0.25, 0.3) is 0 Å². The van der Waals surface area contributed by atoms with E-state index in [1.54, 1.807) is 12.1 Å². The molecule has 1 atom stereocenters. The molecule has 1 aromatic rings. The Kier molecular flexibility index (Phi) is 6.17. The average molecular weight is 293 g/mol. The lowest BCUT2D eigenvalue weighted by atomic mass is 10.2. The predicted octanol–water partition coefficient (Wildman–Crippen LogP) is 1.55. The van der Waals surface area contributed by atoms with Crippen LogP contribution in [0, 0.1) is 6.92 Å². The summed E-state index contributed by atoms with van der Waals surface area (Å²) in [5.74, 6) is -1.05. The molecule has 1 rings (SSSR count). The SMILES string of the molecule is Cc1ccc(N(CC(=O)O)C(=O)NC(C)CN(C)C)cc1. The molecule has 0 aromatic heterocycles. The van der Waals surface area contributed by atoms with E-state index >= 15 is 0 Å². The second kappa shape index (κ2) is 7.64. The smallest absolute Gasteiger partial charge is 0.323 e. The molecule has 0 aliphatic heterocycles. The minimum absolute atomic E-state index is 0.0748. The molecular weight excluding hydrogens is 270 g/mol. The summed E-state index contributed by atoms with van der Waals surface area (Å²) in [6.07, 6.45) is 0. The second-order valence-corrected chi connectivity index (χ2v) is 5.43. The molecule has 0 spiro atoms. The summed E-state index contributed by atoms with van der Waals surface area (Å²) in [6.45, 7) is 4.13. The van der Waals surface area contributed by atoms with E-state index in [-0.39, 0.29) is 12.6 Å². The van der Waals surface area contributed by atoms with Crippen molar-refractivity contribution in [2.45, 2.75) is 19.9 Å². The van der Waals surface area contributed by atoms with Crippen LogP contribution in [0.15, 0.2) is 24.3 Å². The molecule has 116 valence electrons. The third-order valence-corrected chi connectivity index (χ3v) is 2.89. The van der Waals surface area contributed by atoms with Gasteiger partial charge in [-0.1, -0.05) is 17.7 Å². The Bertz CT molecular complexity index is 485. The Morgan fingerprint density at radius 2 is 1.81 bits per heavy atom. The molecule has 6 heteroatoms. The minimum Gasteiger partial charge on any atom is -0.480 e. The van der Waals surface area contributed by atoms with Crippen molar-refractivity contribution in [3.63, 3.8) is 0 Å². The predicted molar refractivity (Wildman–Crippen MR) is 82.7 cm³/mol. The number of carbonyl (C=O) groups excluding carboxylic acids is 1. The maximum atomic E-state index is 12.3. The Balaban J connectivity index is 2.84. The number of benzene rings is 1. The van der Waals surface area contributed by atoms with Crippen LogP contribution in [0.4, 0.5) is 10.5 Å². The standard InChI is InChI=1S/C15H23N3O3/c1-11-5-7-13(8-6-11)18(10-14(19)20)15(21)16-12(2)9-17(3)4/h5-8,12H,9-10H2,1-4H3,(H,16,21)(H,19,20). The van der Waals surface area contributed by atoms with E-state index in [1.165, 1.54) is 4.90 Å². The van der Waals surface area contributed by atoms with Gasteiger partial charge in [-0.05, 0) is 40.1 Å². The van der Waals surface area contributed by atoms with Crippen LogP contribution in [-0.2, 0) is 4.79 Å². The largest absolute Gasteiger partial charge is 0.480 e. The molecule has 1 unspecified atom stereocenters. The summed E-state index contributed by atoms with van der Waals surface area (Å²) >= 11 is 0. The number of likely N-dealkylation sites (N-methyl/N-ethyl adjacent to an activating group) is 1. The van der Waals surface area contributed by atoms with Gasteiger partial charge in [-0.15, -0.1) is 0 Å². The normalized spacial score (nSPS) is 12.0. The fraction of sp³-hybridized carbons (Fsp3) is 0.467. The highest BCUT2D eigenvalue weighted by molar-refractivity contribution is 5.96. The average Bonchev–Trinajstić information content (AvgIpc) is 2.35. The number of nitrogens with zero attached hydrogens (tertiary/aromatic N) is 2. The van der Waals surface area contributed by atoms with Crippen LogP contribution in [0.2, 0.25) is 0 Å². The molecule has 21 heavy (non-hydrogen) atoms. The van der Waals surface area contributed by atoms with Gasteiger partial charge in [-0.2, -0.15) is 0 Å². The summed E-state index contributed by atoms with van der Waals surface area (Å²) in [7, 11) is 3.83. The van der Waals surface area contributed by atoms with Crippen molar-refractivity contribution in [3.05, 3.63) is 29.8 Å². The van der Waals surface area contributed by atoms with Crippen LogP contribution in [0.1, 0.15) is 12.5 Å². The molecule has 0 fully saturated rings.